The number of nitrogens with zero attached hydrogens (tertiary/aromatic N) is 4. The molecule has 0 saturated carbocycles. The fourth-order valence-electron chi connectivity index (χ4n) is 5.75. The number of benzene rings is 1. The Bertz CT molecular complexity index is 1290. The molecule has 1 heterocycles. The minimum absolute atomic E-state index is 0.0577. The molecule has 1 aliphatic heterocycles. The van der Waals surface area contributed by atoms with Crippen molar-refractivity contribution in [2.75, 3.05) is 85.1 Å². The summed E-state index contributed by atoms with van der Waals surface area (Å²) in [6.45, 7) is 21.3. The van der Waals surface area contributed by atoms with Gasteiger partial charge < -0.3 is 24.3 Å². The van der Waals surface area contributed by atoms with Crippen LogP contribution in [0.3, 0.4) is 0 Å². The predicted molar refractivity (Wildman–Crippen MR) is 211 cm³/mol. The molecule has 312 valence electrons. The normalized spacial score (nSPS) is 16.3. The molecule has 1 N–H and O–H groups in total. The molecule has 1 fully saturated rings. The van der Waals surface area contributed by atoms with Crippen LogP contribution in [0.4, 0.5) is 0 Å². The fourth-order valence-corrected chi connectivity index (χ4v) is 5.75. The number of unbranched alkanes of at least 4 members (excludes halogenated alkanes) is 2. The third-order valence-corrected chi connectivity index (χ3v) is 8.24. The second kappa shape index (κ2) is 23.5. The Kier molecular flexibility index (Phi) is 20.3. The molecule has 1 aromatic carbocycles. The van der Waals surface area contributed by atoms with Crippen molar-refractivity contribution in [3.63, 3.8) is 0 Å². The van der Waals surface area contributed by atoms with Gasteiger partial charge in [0, 0.05) is 65.3 Å². The monoisotopic (exact) mass is 776 g/mol. The van der Waals surface area contributed by atoms with Crippen LogP contribution in [0, 0.1) is 0 Å². The number of hydrogen-bond acceptors (Lipinski definition) is 13. The summed E-state index contributed by atoms with van der Waals surface area (Å²) in [5, 5.41) is 3.01. The lowest BCUT2D eigenvalue weighted by Gasteiger charge is -2.34. The van der Waals surface area contributed by atoms with Crippen LogP contribution in [-0.4, -0.2) is 151 Å². The molecule has 0 atom stereocenters. The van der Waals surface area contributed by atoms with Crippen LogP contribution in [0.1, 0.15) is 93.6 Å². The zero-order valence-corrected chi connectivity index (χ0v) is 35.1. The predicted octanol–water partition coefficient (Wildman–Crippen LogP) is 3.65. The summed E-state index contributed by atoms with van der Waals surface area (Å²) < 4.78 is 22.2. The molecule has 55 heavy (non-hydrogen) atoms. The van der Waals surface area contributed by atoms with Crippen molar-refractivity contribution >= 4 is 29.8 Å². The van der Waals surface area contributed by atoms with Crippen molar-refractivity contribution in [1.82, 2.24) is 24.9 Å². The van der Waals surface area contributed by atoms with Gasteiger partial charge in [-0.1, -0.05) is 36.8 Å². The van der Waals surface area contributed by atoms with Gasteiger partial charge in [0.1, 0.15) is 23.4 Å². The van der Waals surface area contributed by atoms with Crippen LogP contribution in [0.5, 0.6) is 0 Å². The lowest BCUT2D eigenvalue weighted by Crippen LogP contribution is -2.50. The molecule has 2 rings (SSSR count). The standard InChI is InChI=1S/C41H69N5O9/c1-39(2,3)53-36(49)29-44-22-20-43(28-34(47)42-19-15-11-14-18-35(48)52-32-33-16-12-10-13-17-33)21-23-45(30-37(50)54-40(4,5)6)25-27-46(26-24-44)31-38(51)55-41(7,8)9/h10,12-13,16-17H,11,14-15,18-32H2,1-9H3,(H,42,47). The highest BCUT2D eigenvalue weighted by Crippen LogP contribution is 2.12. The number of carbonyl (C=O) groups is 5. The first-order chi connectivity index (χ1) is 25.7. The molecule has 0 unspecified atom stereocenters. The Labute approximate surface area is 329 Å². The number of carbonyl (C=O) groups excluding carboxylic acids is 5. The summed E-state index contributed by atoms with van der Waals surface area (Å²) in [5.41, 5.74) is -0.965. The first-order valence-electron chi connectivity index (χ1n) is 19.7. The smallest absolute Gasteiger partial charge is 0.320 e. The number of ether oxygens (including phenoxy) is 4. The van der Waals surface area contributed by atoms with Crippen LogP contribution in [0.15, 0.2) is 30.3 Å². The van der Waals surface area contributed by atoms with Gasteiger partial charge in [0.05, 0.1) is 26.2 Å². The molecule has 14 heteroatoms. The van der Waals surface area contributed by atoms with E-state index in [1.54, 1.807) is 0 Å². The quantitative estimate of drug-likeness (QED) is 0.148. The summed E-state index contributed by atoms with van der Waals surface area (Å²) in [7, 11) is 0. The highest BCUT2D eigenvalue weighted by atomic mass is 16.6. The van der Waals surface area contributed by atoms with Crippen molar-refractivity contribution in [3.05, 3.63) is 35.9 Å². The van der Waals surface area contributed by atoms with E-state index in [4.69, 9.17) is 18.9 Å². The molecular weight excluding hydrogens is 706 g/mol. The number of esters is 4. The minimum Gasteiger partial charge on any atom is -0.461 e. The Balaban J connectivity index is 2.06. The van der Waals surface area contributed by atoms with Crippen LogP contribution >= 0.6 is 0 Å². The summed E-state index contributed by atoms with van der Waals surface area (Å²) in [6.07, 6.45) is 2.50. The van der Waals surface area contributed by atoms with Crippen molar-refractivity contribution in [1.29, 1.82) is 0 Å². The lowest BCUT2D eigenvalue weighted by molar-refractivity contribution is -0.158. The van der Waals surface area contributed by atoms with Crippen molar-refractivity contribution in [2.45, 2.75) is 111 Å². The minimum atomic E-state index is -0.639. The molecular formula is C41H69N5O9. The number of hydrogen-bond donors (Lipinski definition) is 1. The first-order valence-corrected chi connectivity index (χ1v) is 19.7. The molecule has 0 bridgehead atoms. The summed E-state index contributed by atoms with van der Waals surface area (Å²) >= 11 is 0. The van der Waals surface area contributed by atoms with Gasteiger partial charge in [-0.25, -0.2) is 0 Å². The number of amides is 1. The average Bonchev–Trinajstić information content (AvgIpc) is 3.04. The second-order valence-electron chi connectivity index (χ2n) is 17.2. The molecule has 0 aromatic heterocycles. The maximum atomic E-state index is 13.2. The van der Waals surface area contributed by atoms with Crippen molar-refractivity contribution < 1.29 is 42.9 Å². The van der Waals surface area contributed by atoms with Gasteiger partial charge in [0.25, 0.3) is 0 Å². The van der Waals surface area contributed by atoms with E-state index in [1.165, 1.54) is 0 Å². The zero-order chi connectivity index (χ0) is 41.1. The highest BCUT2D eigenvalue weighted by Gasteiger charge is 2.26. The van der Waals surface area contributed by atoms with E-state index in [0.717, 1.165) is 18.4 Å². The van der Waals surface area contributed by atoms with E-state index in [9.17, 15) is 24.0 Å². The first kappa shape index (κ1) is 47.6. The van der Waals surface area contributed by atoms with E-state index in [1.807, 2.05) is 112 Å². The topological polar surface area (TPSA) is 147 Å². The number of rotatable bonds is 16. The van der Waals surface area contributed by atoms with Crippen LogP contribution in [0.2, 0.25) is 0 Å². The maximum absolute atomic E-state index is 13.2. The number of nitrogens with one attached hydrogen (secondary N) is 1. The van der Waals surface area contributed by atoms with Crippen molar-refractivity contribution in [3.8, 4) is 0 Å². The summed E-state index contributed by atoms with van der Waals surface area (Å²) in [5.74, 6) is -1.42. The van der Waals surface area contributed by atoms with Gasteiger partial charge in [0.2, 0.25) is 5.91 Å². The van der Waals surface area contributed by atoms with Gasteiger partial charge in [-0.3, -0.25) is 43.6 Å². The van der Waals surface area contributed by atoms with Crippen LogP contribution in [0.25, 0.3) is 0 Å². The third-order valence-electron chi connectivity index (χ3n) is 8.24. The molecule has 1 saturated heterocycles. The lowest BCUT2D eigenvalue weighted by atomic mass is 10.2. The van der Waals surface area contributed by atoms with Gasteiger partial charge in [-0.2, -0.15) is 0 Å². The third kappa shape index (κ3) is 24.5. The Morgan fingerprint density at radius 2 is 0.909 bits per heavy atom. The van der Waals surface area contributed by atoms with Gasteiger partial charge in [-0.15, -0.1) is 0 Å². The maximum Gasteiger partial charge on any atom is 0.320 e. The molecule has 0 aliphatic carbocycles. The molecule has 0 spiro atoms. The van der Waals surface area contributed by atoms with E-state index < -0.39 is 16.8 Å². The largest absolute Gasteiger partial charge is 0.461 e. The Morgan fingerprint density at radius 1 is 0.527 bits per heavy atom. The molecule has 1 aliphatic rings. The SMILES string of the molecule is CC(C)(C)OC(=O)CN1CCN(CC(=O)NCCCCCC(=O)OCc2ccccc2)CCN(CC(=O)OC(C)(C)C)CCN(CC(=O)OC(C)(C)C)CC1. The molecule has 0 radical (unpaired) electrons. The highest BCUT2D eigenvalue weighted by molar-refractivity contribution is 5.78. The summed E-state index contributed by atoms with van der Waals surface area (Å²) in [4.78, 5) is 72.1. The average molecular weight is 776 g/mol. The van der Waals surface area contributed by atoms with E-state index >= 15 is 0 Å². The van der Waals surface area contributed by atoms with Crippen LogP contribution in [-0.2, 0) is 49.5 Å². The Hall–Kier alpha value is -3.59. The van der Waals surface area contributed by atoms with Gasteiger partial charge >= 0.3 is 23.9 Å². The molecule has 14 nitrogen and oxygen atoms in total. The molecule has 1 amide bonds. The van der Waals surface area contributed by atoms with E-state index in [-0.39, 0.29) is 62.6 Å². The van der Waals surface area contributed by atoms with E-state index in [2.05, 4.69) is 5.32 Å². The van der Waals surface area contributed by atoms with Crippen molar-refractivity contribution in [2.24, 2.45) is 0 Å². The van der Waals surface area contributed by atoms with Gasteiger partial charge in [-0.05, 0) is 80.7 Å². The molecule has 1 aromatic rings. The second-order valence-corrected chi connectivity index (χ2v) is 17.2. The van der Waals surface area contributed by atoms with Gasteiger partial charge in [0.15, 0.2) is 0 Å². The Morgan fingerprint density at radius 3 is 1.29 bits per heavy atom. The van der Waals surface area contributed by atoms with Crippen LogP contribution < -0.4 is 5.32 Å². The zero-order valence-electron chi connectivity index (χ0n) is 35.1. The fraction of sp³-hybridized carbons (Fsp3) is 0.732. The summed E-state index contributed by atoms with van der Waals surface area (Å²) in [6, 6.07) is 9.56. The van der Waals surface area contributed by atoms with E-state index in [0.29, 0.717) is 71.7 Å².